The first kappa shape index (κ1) is 14.9. The van der Waals surface area contributed by atoms with Crippen molar-refractivity contribution in [2.45, 2.75) is 12.5 Å². The lowest BCUT2D eigenvalue weighted by atomic mass is 10.2. The molecule has 0 aliphatic heterocycles. The van der Waals surface area contributed by atoms with Gasteiger partial charge in [0, 0.05) is 0 Å². The molecule has 1 heterocycles. The van der Waals surface area contributed by atoms with Crippen LogP contribution in [0.2, 0.25) is 0 Å². The highest BCUT2D eigenvalue weighted by Crippen LogP contribution is 2.43. The monoisotopic (exact) mass is 294 g/mol. The molecule has 19 heavy (non-hydrogen) atoms. The van der Waals surface area contributed by atoms with Crippen LogP contribution in [0.1, 0.15) is 5.56 Å². The summed E-state index contributed by atoms with van der Waals surface area (Å²) in [6.07, 6.45) is -11.5. The molecule has 106 valence electrons. The quantitative estimate of drug-likeness (QED) is 0.477. The molecule has 0 unspecified atom stereocenters. The van der Waals surface area contributed by atoms with Gasteiger partial charge in [-0.25, -0.2) is 0 Å². The van der Waals surface area contributed by atoms with Crippen molar-refractivity contribution in [1.82, 2.24) is 4.98 Å². The molecule has 0 saturated heterocycles. The summed E-state index contributed by atoms with van der Waals surface area (Å²) in [5.41, 5.74) is -2.55. The second-order valence-corrected chi connectivity index (χ2v) is 2.94. The minimum atomic E-state index is -5.66. The third kappa shape index (κ3) is 3.42. The minimum Gasteiger partial charge on any atom is -0.401 e. The van der Waals surface area contributed by atoms with Crippen LogP contribution in [0, 0.1) is 15.9 Å². The highest BCUT2D eigenvalue weighted by Gasteiger charge is 2.47. The van der Waals surface area contributed by atoms with Crippen molar-refractivity contribution in [1.29, 1.82) is 0 Å². The van der Waals surface area contributed by atoms with Gasteiger partial charge in [0.2, 0.25) is 5.82 Å². The van der Waals surface area contributed by atoms with Crippen molar-refractivity contribution in [3.8, 4) is 5.75 Å². The van der Waals surface area contributed by atoms with Crippen molar-refractivity contribution >= 4 is 5.82 Å². The van der Waals surface area contributed by atoms with Gasteiger partial charge < -0.3 is 14.9 Å². The molecule has 0 aromatic carbocycles. The van der Waals surface area contributed by atoms with Crippen LogP contribution in [-0.2, 0) is 6.18 Å². The first-order valence-electron chi connectivity index (χ1n) is 4.09. The lowest BCUT2D eigenvalue weighted by molar-refractivity contribution is -0.393. The zero-order valence-corrected chi connectivity index (χ0v) is 8.34. The van der Waals surface area contributed by atoms with Crippen LogP contribution in [-0.4, -0.2) is 16.3 Å². The standard InChI is InChI=1S/C7HF7N2O3/c8-2-1-15-5(16(17)18)3(6(9,10)11)4(2)19-7(12,13)14/h1H. The Labute approximate surface area is 98.3 Å². The van der Waals surface area contributed by atoms with Crippen LogP contribution in [0.15, 0.2) is 6.20 Å². The van der Waals surface area contributed by atoms with E-state index in [4.69, 9.17) is 0 Å². The molecule has 1 rings (SSSR count). The third-order valence-electron chi connectivity index (χ3n) is 1.64. The molecule has 1 aromatic rings. The van der Waals surface area contributed by atoms with Gasteiger partial charge in [-0.15, -0.1) is 13.2 Å². The summed E-state index contributed by atoms with van der Waals surface area (Å²) >= 11 is 0. The fourth-order valence-corrected chi connectivity index (χ4v) is 1.07. The Morgan fingerprint density at radius 2 is 1.74 bits per heavy atom. The van der Waals surface area contributed by atoms with Crippen LogP contribution in [0.4, 0.5) is 36.6 Å². The van der Waals surface area contributed by atoms with Crippen molar-refractivity contribution in [2.75, 3.05) is 0 Å². The van der Waals surface area contributed by atoms with Gasteiger partial charge in [0.15, 0.2) is 17.5 Å². The van der Waals surface area contributed by atoms with Crippen molar-refractivity contribution in [2.24, 2.45) is 0 Å². The number of hydrogen-bond donors (Lipinski definition) is 0. The molecule has 0 aliphatic carbocycles. The molecule has 1 aromatic heterocycles. The minimum absolute atomic E-state index is 0.172. The zero-order valence-electron chi connectivity index (χ0n) is 8.34. The predicted octanol–water partition coefficient (Wildman–Crippen LogP) is 3.05. The third-order valence-corrected chi connectivity index (χ3v) is 1.64. The van der Waals surface area contributed by atoms with Gasteiger partial charge >= 0.3 is 18.4 Å². The molecule has 0 aliphatic rings. The van der Waals surface area contributed by atoms with Gasteiger partial charge in [-0.2, -0.15) is 17.6 Å². The van der Waals surface area contributed by atoms with Gasteiger partial charge in [0.1, 0.15) is 0 Å². The normalized spacial score (nSPS) is 12.4. The molecular weight excluding hydrogens is 293 g/mol. The van der Waals surface area contributed by atoms with E-state index in [-0.39, 0.29) is 6.20 Å². The van der Waals surface area contributed by atoms with E-state index in [1.165, 1.54) is 0 Å². The highest BCUT2D eigenvalue weighted by atomic mass is 19.4. The summed E-state index contributed by atoms with van der Waals surface area (Å²) in [4.78, 5) is 11.1. The summed E-state index contributed by atoms with van der Waals surface area (Å²) < 4.78 is 88.8. The second kappa shape index (κ2) is 4.51. The summed E-state index contributed by atoms with van der Waals surface area (Å²) in [6, 6.07) is 0. The first-order valence-corrected chi connectivity index (χ1v) is 4.09. The summed E-state index contributed by atoms with van der Waals surface area (Å²) in [7, 11) is 0. The Bertz CT molecular complexity index is 511. The highest BCUT2D eigenvalue weighted by molar-refractivity contribution is 5.47. The van der Waals surface area contributed by atoms with E-state index >= 15 is 0 Å². The zero-order chi connectivity index (χ0) is 15.0. The number of rotatable bonds is 2. The van der Waals surface area contributed by atoms with Gasteiger partial charge in [-0.1, -0.05) is 0 Å². The van der Waals surface area contributed by atoms with E-state index in [9.17, 15) is 40.8 Å². The topological polar surface area (TPSA) is 65.3 Å². The maximum atomic E-state index is 12.9. The SMILES string of the molecule is O=[N+]([O-])c1ncc(F)c(OC(F)(F)F)c1C(F)(F)F. The molecular formula is C7HF7N2O3. The van der Waals surface area contributed by atoms with Gasteiger partial charge in [0.05, 0.1) is 0 Å². The van der Waals surface area contributed by atoms with Crippen molar-refractivity contribution in [3.63, 3.8) is 0 Å². The van der Waals surface area contributed by atoms with Crippen LogP contribution in [0.3, 0.4) is 0 Å². The Morgan fingerprint density at radius 3 is 2.11 bits per heavy atom. The largest absolute Gasteiger partial charge is 0.573 e. The smallest absolute Gasteiger partial charge is 0.401 e. The van der Waals surface area contributed by atoms with Crippen LogP contribution < -0.4 is 4.74 Å². The fourth-order valence-electron chi connectivity index (χ4n) is 1.07. The Morgan fingerprint density at radius 1 is 1.21 bits per heavy atom. The van der Waals surface area contributed by atoms with E-state index in [0.29, 0.717) is 0 Å². The Hall–Kier alpha value is -2.14. The van der Waals surface area contributed by atoms with Crippen molar-refractivity contribution in [3.05, 3.63) is 27.7 Å². The Kier molecular flexibility index (Phi) is 3.54. The summed E-state index contributed by atoms with van der Waals surface area (Å²) in [6.45, 7) is 0. The van der Waals surface area contributed by atoms with Crippen LogP contribution >= 0.6 is 0 Å². The molecule has 12 heteroatoms. The molecule has 0 radical (unpaired) electrons. The predicted molar refractivity (Wildman–Crippen MR) is 42.5 cm³/mol. The lowest BCUT2D eigenvalue weighted by Gasteiger charge is -2.14. The van der Waals surface area contributed by atoms with Crippen LogP contribution in [0.25, 0.3) is 0 Å². The molecule has 0 amide bonds. The fraction of sp³-hybridized carbons (Fsp3) is 0.286. The summed E-state index contributed by atoms with van der Waals surface area (Å²) in [5, 5.41) is 10.3. The Balaban J connectivity index is 3.59. The van der Waals surface area contributed by atoms with E-state index in [1.807, 2.05) is 0 Å². The maximum Gasteiger partial charge on any atom is 0.573 e. The molecule has 0 spiro atoms. The van der Waals surface area contributed by atoms with E-state index < -0.39 is 40.4 Å². The number of alkyl halides is 6. The van der Waals surface area contributed by atoms with Crippen LogP contribution in [0.5, 0.6) is 5.75 Å². The van der Waals surface area contributed by atoms with Gasteiger partial charge in [-0.3, -0.25) is 0 Å². The van der Waals surface area contributed by atoms with Gasteiger partial charge in [-0.05, 0) is 9.91 Å². The first-order chi connectivity index (χ1) is 8.43. The van der Waals surface area contributed by atoms with E-state index in [1.54, 1.807) is 0 Å². The number of halogens is 7. The molecule has 0 fully saturated rings. The number of nitrogens with zero attached hydrogens (tertiary/aromatic N) is 2. The molecule has 5 nitrogen and oxygen atoms in total. The second-order valence-electron chi connectivity index (χ2n) is 2.94. The average Bonchev–Trinajstić information content (AvgIpc) is 2.16. The van der Waals surface area contributed by atoms with Gasteiger partial charge in [0.25, 0.3) is 0 Å². The lowest BCUT2D eigenvalue weighted by Crippen LogP contribution is -2.22. The number of hydrogen-bond acceptors (Lipinski definition) is 4. The van der Waals surface area contributed by atoms with Crippen molar-refractivity contribution < 1.29 is 40.4 Å². The molecule has 0 N–H and O–H groups in total. The van der Waals surface area contributed by atoms with E-state index in [2.05, 4.69) is 9.72 Å². The molecule has 0 bridgehead atoms. The maximum absolute atomic E-state index is 12.9. The number of ether oxygens (including phenoxy) is 1. The summed E-state index contributed by atoms with van der Waals surface area (Å²) in [5.74, 6) is -6.47. The molecule has 0 atom stereocenters. The average molecular weight is 294 g/mol. The number of aromatic nitrogens is 1. The number of pyridine rings is 1. The number of nitro groups is 1. The van der Waals surface area contributed by atoms with E-state index in [0.717, 1.165) is 0 Å². The molecule has 0 saturated carbocycles.